The number of anilines is 1. The molecule has 1 aromatic carbocycles. The lowest BCUT2D eigenvalue weighted by Gasteiger charge is -2.32. The van der Waals surface area contributed by atoms with Crippen molar-refractivity contribution in [2.24, 2.45) is 0 Å². The van der Waals surface area contributed by atoms with Gasteiger partial charge in [-0.1, -0.05) is 24.3 Å². The number of carbonyl (C=O) groups is 1. The average molecular weight is 582 g/mol. The Morgan fingerprint density at radius 3 is 2.60 bits per heavy atom. The van der Waals surface area contributed by atoms with E-state index in [4.69, 9.17) is 16.3 Å². The molecule has 3 aromatic rings. The van der Waals surface area contributed by atoms with Crippen LogP contribution < -0.4 is 5.32 Å². The Morgan fingerprint density at radius 2 is 1.80 bits per heavy atom. The standard InChI is InChI=1S/C29H36ClN7O2S/c1-20(25-7-8-26(40-25)22-6-4-3-5-21(22)17-35-11-9-34(2)10-12-35)31-27-23-18-37(19-24(23)32-28(30)33-27)29(38)36-13-15-39-16-14-36/h3-8,20H,9-19H2,1-2H3,(H,31,32,33). The Hall–Kier alpha value is -2.76. The van der Waals surface area contributed by atoms with Crippen LogP contribution in [0.3, 0.4) is 0 Å². The molecule has 11 heteroatoms. The number of likely N-dealkylation sites (N-methyl/N-ethyl adjacent to an activating group) is 1. The zero-order valence-electron chi connectivity index (χ0n) is 23.1. The third-order valence-corrected chi connectivity index (χ3v) is 9.46. The first-order valence-corrected chi connectivity index (χ1v) is 15.2. The fourth-order valence-electron chi connectivity index (χ4n) is 5.59. The quantitative estimate of drug-likeness (QED) is 0.428. The van der Waals surface area contributed by atoms with Gasteiger partial charge in [-0.2, -0.15) is 0 Å². The van der Waals surface area contributed by atoms with Gasteiger partial charge in [0.15, 0.2) is 0 Å². The van der Waals surface area contributed by atoms with E-state index in [-0.39, 0.29) is 17.4 Å². The largest absolute Gasteiger partial charge is 0.378 e. The Bertz CT molecular complexity index is 1350. The monoisotopic (exact) mass is 581 g/mol. The SMILES string of the molecule is CC(Nc1nc(Cl)nc2c1CN(C(=O)N1CCOCC1)C2)c1ccc(-c2ccccc2CN2CCN(C)CC2)s1. The van der Waals surface area contributed by atoms with Gasteiger partial charge < -0.3 is 24.8 Å². The third-order valence-electron chi connectivity index (χ3n) is 7.99. The second kappa shape index (κ2) is 12.0. The molecule has 0 spiro atoms. The van der Waals surface area contributed by atoms with Crippen LogP contribution in [0.25, 0.3) is 10.4 Å². The van der Waals surface area contributed by atoms with Crippen molar-refractivity contribution in [3.8, 4) is 10.4 Å². The molecule has 1 atom stereocenters. The van der Waals surface area contributed by atoms with Crippen molar-refractivity contribution >= 4 is 34.8 Å². The second-order valence-corrected chi connectivity index (χ2v) is 12.3. The number of rotatable bonds is 6. The molecule has 2 aromatic heterocycles. The van der Waals surface area contributed by atoms with Gasteiger partial charge in [-0.3, -0.25) is 4.90 Å². The van der Waals surface area contributed by atoms with Crippen molar-refractivity contribution in [1.29, 1.82) is 0 Å². The highest BCUT2D eigenvalue weighted by Crippen LogP contribution is 2.36. The number of nitrogens with one attached hydrogen (secondary N) is 1. The number of ether oxygens (including phenoxy) is 1. The number of hydrogen-bond acceptors (Lipinski definition) is 8. The lowest BCUT2D eigenvalue weighted by Crippen LogP contribution is -2.46. The molecule has 2 amide bonds. The van der Waals surface area contributed by atoms with Gasteiger partial charge in [0.1, 0.15) is 5.82 Å². The third kappa shape index (κ3) is 5.96. The summed E-state index contributed by atoms with van der Waals surface area (Å²) < 4.78 is 5.40. The van der Waals surface area contributed by atoms with Crippen molar-refractivity contribution in [1.82, 2.24) is 29.6 Å². The van der Waals surface area contributed by atoms with E-state index in [0.29, 0.717) is 45.2 Å². The number of halogens is 1. The molecule has 3 aliphatic heterocycles. The van der Waals surface area contributed by atoms with Crippen LogP contribution >= 0.6 is 22.9 Å². The number of morpholine rings is 1. The van der Waals surface area contributed by atoms with E-state index in [1.807, 2.05) is 9.80 Å². The van der Waals surface area contributed by atoms with Gasteiger partial charge in [0.2, 0.25) is 5.28 Å². The molecule has 0 bridgehead atoms. The van der Waals surface area contributed by atoms with Crippen molar-refractivity contribution < 1.29 is 9.53 Å². The summed E-state index contributed by atoms with van der Waals surface area (Å²) in [6.07, 6.45) is 0. The van der Waals surface area contributed by atoms with E-state index in [2.05, 4.69) is 75.5 Å². The molecule has 40 heavy (non-hydrogen) atoms. The van der Waals surface area contributed by atoms with E-state index < -0.39 is 0 Å². The van der Waals surface area contributed by atoms with Gasteiger partial charge >= 0.3 is 6.03 Å². The van der Waals surface area contributed by atoms with Gasteiger partial charge in [0.25, 0.3) is 0 Å². The number of aromatic nitrogens is 2. The number of urea groups is 1. The van der Waals surface area contributed by atoms with E-state index in [0.717, 1.165) is 44.0 Å². The summed E-state index contributed by atoms with van der Waals surface area (Å²) in [6, 6.07) is 13.2. The smallest absolute Gasteiger partial charge is 0.320 e. The number of fused-ring (bicyclic) bond motifs is 1. The summed E-state index contributed by atoms with van der Waals surface area (Å²) in [6.45, 7) is 10.8. The van der Waals surface area contributed by atoms with Crippen LogP contribution in [0.4, 0.5) is 10.6 Å². The van der Waals surface area contributed by atoms with E-state index in [9.17, 15) is 4.79 Å². The van der Waals surface area contributed by atoms with Crippen molar-refractivity contribution in [2.45, 2.75) is 32.6 Å². The molecule has 9 nitrogen and oxygen atoms in total. The predicted molar refractivity (Wildman–Crippen MR) is 159 cm³/mol. The van der Waals surface area contributed by atoms with Crippen LogP contribution in [0.15, 0.2) is 36.4 Å². The first-order chi connectivity index (χ1) is 19.4. The predicted octanol–water partition coefficient (Wildman–Crippen LogP) is 4.55. The number of piperazine rings is 1. The molecule has 212 valence electrons. The maximum atomic E-state index is 13.1. The number of benzene rings is 1. The molecule has 3 aliphatic rings. The number of carbonyl (C=O) groups excluding carboxylic acids is 1. The van der Waals surface area contributed by atoms with Crippen LogP contribution in [0.5, 0.6) is 0 Å². The fraction of sp³-hybridized carbons (Fsp3) is 0.483. The maximum absolute atomic E-state index is 13.1. The zero-order valence-corrected chi connectivity index (χ0v) is 24.7. The lowest BCUT2D eigenvalue weighted by molar-refractivity contribution is 0.0429. The first-order valence-electron chi connectivity index (χ1n) is 14.0. The zero-order chi connectivity index (χ0) is 27.6. The minimum atomic E-state index is 0.00885. The summed E-state index contributed by atoms with van der Waals surface area (Å²) in [5.74, 6) is 0.699. The van der Waals surface area contributed by atoms with Crippen molar-refractivity contribution in [2.75, 3.05) is 64.8 Å². The summed E-state index contributed by atoms with van der Waals surface area (Å²) in [4.78, 5) is 33.2. The summed E-state index contributed by atoms with van der Waals surface area (Å²) in [5.41, 5.74) is 4.41. The Kier molecular flexibility index (Phi) is 8.22. The summed E-state index contributed by atoms with van der Waals surface area (Å²) in [5, 5.41) is 3.77. The topological polar surface area (TPSA) is 77.1 Å². The molecular formula is C29H36ClN7O2S. The summed E-state index contributed by atoms with van der Waals surface area (Å²) in [7, 11) is 2.19. The van der Waals surface area contributed by atoms with Crippen LogP contribution in [-0.4, -0.2) is 95.1 Å². The highest BCUT2D eigenvalue weighted by molar-refractivity contribution is 7.15. The highest BCUT2D eigenvalue weighted by Gasteiger charge is 2.32. The van der Waals surface area contributed by atoms with Crippen LogP contribution in [0.1, 0.15) is 34.7 Å². The Morgan fingerprint density at radius 1 is 1.02 bits per heavy atom. The highest BCUT2D eigenvalue weighted by atomic mass is 35.5. The molecule has 1 N–H and O–H groups in total. The lowest BCUT2D eigenvalue weighted by atomic mass is 10.1. The molecule has 0 saturated carbocycles. The fourth-order valence-corrected chi connectivity index (χ4v) is 6.84. The van der Waals surface area contributed by atoms with E-state index >= 15 is 0 Å². The minimum Gasteiger partial charge on any atom is -0.378 e. The van der Waals surface area contributed by atoms with Crippen LogP contribution in [0, 0.1) is 0 Å². The number of amides is 2. The van der Waals surface area contributed by atoms with Crippen LogP contribution in [-0.2, 0) is 24.4 Å². The second-order valence-electron chi connectivity index (χ2n) is 10.8. The van der Waals surface area contributed by atoms with E-state index in [1.54, 1.807) is 11.3 Å². The average Bonchev–Trinajstić information content (AvgIpc) is 3.63. The van der Waals surface area contributed by atoms with Crippen molar-refractivity contribution in [3.63, 3.8) is 0 Å². The molecule has 0 radical (unpaired) electrons. The molecular weight excluding hydrogens is 546 g/mol. The molecule has 2 fully saturated rings. The Labute approximate surface area is 244 Å². The molecule has 2 saturated heterocycles. The first kappa shape index (κ1) is 27.4. The number of nitrogens with zero attached hydrogens (tertiary/aromatic N) is 6. The van der Waals surface area contributed by atoms with Gasteiger partial charge in [0.05, 0.1) is 38.0 Å². The van der Waals surface area contributed by atoms with Gasteiger partial charge in [0, 0.05) is 61.1 Å². The normalized spacial score (nSPS) is 19.1. The molecule has 0 aliphatic carbocycles. The van der Waals surface area contributed by atoms with E-state index in [1.165, 1.54) is 20.9 Å². The minimum absolute atomic E-state index is 0.00885. The van der Waals surface area contributed by atoms with Gasteiger partial charge in [-0.25, -0.2) is 14.8 Å². The van der Waals surface area contributed by atoms with Gasteiger partial charge in [-0.15, -0.1) is 11.3 Å². The maximum Gasteiger partial charge on any atom is 0.320 e. The van der Waals surface area contributed by atoms with Crippen molar-refractivity contribution in [3.05, 3.63) is 63.4 Å². The molecule has 5 heterocycles. The Balaban J connectivity index is 1.16. The molecule has 6 rings (SSSR count). The van der Waals surface area contributed by atoms with Crippen LogP contribution in [0.2, 0.25) is 5.28 Å². The number of hydrogen-bond donors (Lipinski definition) is 1. The number of thiophene rings is 1. The van der Waals surface area contributed by atoms with Gasteiger partial charge in [-0.05, 0) is 48.8 Å². The summed E-state index contributed by atoms with van der Waals surface area (Å²) >= 11 is 8.13. The molecule has 1 unspecified atom stereocenters.